The highest BCUT2D eigenvalue weighted by molar-refractivity contribution is 5.79. The van der Waals surface area contributed by atoms with Gasteiger partial charge in [0, 0.05) is 24.2 Å². The van der Waals surface area contributed by atoms with Crippen molar-refractivity contribution in [3.63, 3.8) is 0 Å². The molecule has 1 aliphatic rings. The summed E-state index contributed by atoms with van der Waals surface area (Å²) in [6.07, 6.45) is 6.49. The van der Waals surface area contributed by atoms with Gasteiger partial charge in [0.25, 0.3) is 0 Å². The number of rotatable bonds is 11. The third-order valence-electron chi connectivity index (χ3n) is 6.65. The lowest BCUT2D eigenvalue weighted by atomic mass is 10.0. The van der Waals surface area contributed by atoms with Gasteiger partial charge < -0.3 is 14.8 Å². The van der Waals surface area contributed by atoms with Crippen LogP contribution < -0.4 is 10.4 Å². The fourth-order valence-corrected chi connectivity index (χ4v) is 4.66. The molecule has 0 spiro atoms. The topological polar surface area (TPSA) is 70.5 Å². The molecule has 0 saturated heterocycles. The van der Waals surface area contributed by atoms with Crippen LogP contribution in [0.1, 0.15) is 55.3 Å². The summed E-state index contributed by atoms with van der Waals surface area (Å²) in [6, 6.07) is 17.2. The van der Waals surface area contributed by atoms with Gasteiger partial charge in [-0.1, -0.05) is 72.5 Å². The van der Waals surface area contributed by atoms with Crippen molar-refractivity contribution in [2.45, 2.75) is 65.0 Å². The summed E-state index contributed by atoms with van der Waals surface area (Å²) in [4.78, 5) is 17.7. The molecule has 0 bridgehead atoms. The smallest absolute Gasteiger partial charge is 0.151 e. The first-order chi connectivity index (χ1) is 17.0. The monoisotopic (exact) mass is 474 g/mol. The number of hydroxylamine groups is 1. The third-order valence-corrected chi connectivity index (χ3v) is 6.65. The SMILES string of the molecule is CONC(O)CCCCCCN1CCCc2nc(-c3ccc(C)cc3)c(-c3ccc(C)cc3)nc21. The van der Waals surface area contributed by atoms with Crippen molar-refractivity contribution in [3.05, 3.63) is 65.4 Å². The molecular weight excluding hydrogens is 436 g/mol. The molecule has 1 aromatic heterocycles. The first kappa shape index (κ1) is 25.3. The maximum atomic E-state index is 9.71. The lowest BCUT2D eigenvalue weighted by Crippen LogP contribution is -2.32. The first-order valence-electron chi connectivity index (χ1n) is 12.8. The molecule has 0 radical (unpaired) electrons. The van der Waals surface area contributed by atoms with Crippen LogP contribution in [-0.2, 0) is 11.3 Å². The van der Waals surface area contributed by atoms with Crippen molar-refractivity contribution in [2.75, 3.05) is 25.1 Å². The quantitative estimate of drug-likeness (QED) is 0.214. The number of hydrogen-bond donors (Lipinski definition) is 2. The van der Waals surface area contributed by atoms with Crippen molar-refractivity contribution in [3.8, 4) is 22.5 Å². The summed E-state index contributed by atoms with van der Waals surface area (Å²) >= 11 is 0. The van der Waals surface area contributed by atoms with Crippen LogP contribution in [-0.4, -0.2) is 41.5 Å². The van der Waals surface area contributed by atoms with Crippen LogP contribution in [0.4, 0.5) is 5.82 Å². The van der Waals surface area contributed by atoms with Crippen molar-refractivity contribution < 1.29 is 9.94 Å². The van der Waals surface area contributed by atoms with Crippen LogP contribution in [0.25, 0.3) is 22.5 Å². The number of aryl methyl sites for hydroxylation is 3. The minimum absolute atomic E-state index is 0.591. The Labute approximate surface area is 209 Å². The van der Waals surface area contributed by atoms with Crippen LogP contribution >= 0.6 is 0 Å². The highest BCUT2D eigenvalue weighted by Crippen LogP contribution is 2.35. The predicted octanol–water partition coefficient (Wildman–Crippen LogP) is 5.60. The Balaban J connectivity index is 1.53. The number of aromatic nitrogens is 2. The molecule has 1 unspecified atom stereocenters. The number of nitrogens with zero attached hydrogens (tertiary/aromatic N) is 3. The van der Waals surface area contributed by atoms with Crippen LogP contribution in [0.5, 0.6) is 0 Å². The van der Waals surface area contributed by atoms with Gasteiger partial charge >= 0.3 is 0 Å². The summed E-state index contributed by atoms with van der Waals surface area (Å²) in [5.74, 6) is 1.04. The first-order valence-corrected chi connectivity index (χ1v) is 12.8. The van der Waals surface area contributed by atoms with Gasteiger partial charge in [-0.2, -0.15) is 5.48 Å². The number of aliphatic hydroxyl groups excluding tert-OH is 1. The number of nitrogens with one attached hydrogen (secondary N) is 1. The Morgan fingerprint density at radius 2 is 1.49 bits per heavy atom. The van der Waals surface area contributed by atoms with Gasteiger partial charge in [-0.3, -0.25) is 0 Å². The molecule has 2 aromatic carbocycles. The Morgan fingerprint density at radius 3 is 2.11 bits per heavy atom. The third kappa shape index (κ3) is 6.66. The number of benzene rings is 2. The van der Waals surface area contributed by atoms with E-state index in [2.05, 4.69) is 72.8 Å². The summed E-state index contributed by atoms with van der Waals surface area (Å²) < 4.78 is 0. The predicted molar refractivity (Wildman–Crippen MR) is 142 cm³/mol. The average molecular weight is 475 g/mol. The molecule has 0 aliphatic carbocycles. The van der Waals surface area contributed by atoms with E-state index in [0.29, 0.717) is 6.42 Å². The van der Waals surface area contributed by atoms with E-state index >= 15 is 0 Å². The normalized spacial score (nSPS) is 14.1. The summed E-state index contributed by atoms with van der Waals surface area (Å²) in [5, 5.41) is 9.71. The van der Waals surface area contributed by atoms with E-state index in [9.17, 15) is 5.11 Å². The highest BCUT2D eigenvalue weighted by atomic mass is 16.7. The molecule has 2 N–H and O–H groups in total. The number of anilines is 1. The van der Waals surface area contributed by atoms with Gasteiger partial charge in [-0.25, -0.2) is 9.97 Å². The summed E-state index contributed by atoms with van der Waals surface area (Å²) in [6.45, 7) is 6.23. The van der Waals surface area contributed by atoms with Crippen molar-refractivity contribution in [1.29, 1.82) is 0 Å². The van der Waals surface area contributed by atoms with Crippen molar-refractivity contribution >= 4 is 5.82 Å². The number of hydrogen-bond acceptors (Lipinski definition) is 6. The Hall–Kier alpha value is -2.80. The van der Waals surface area contributed by atoms with E-state index in [1.165, 1.54) is 18.2 Å². The summed E-state index contributed by atoms with van der Waals surface area (Å²) in [7, 11) is 1.52. The van der Waals surface area contributed by atoms with Gasteiger partial charge in [-0.15, -0.1) is 0 Å². The average Bonchev–Trinajstić information content (AvgIpc) is 2.86. The van der Waals surface area contributed by atoms with Crippen molar-refractivity contribution in [2.24, 2.45) is 0 Å². The van der Waals surface area contributed by atoms with E-state index in [0.717, 1.165) is 85.6 Å². The molecule has 35 heavy (non-hydrogen) atoms. The molecule has 0 fully saturated rings. The maximum Gasteiger partial charge on any atom is 0.151 e. The molecule has 0 saturated carbocycles. The van der Waals surface area contributed by atoms with Crippen LogP contribution in [0.2, 0.25) is 0 Å². The Kier molecular flexibility index (Phi) is 8.85. The van der Waals surface area contributed by atoms with E-state index in [1.807, 2.05) is 0 Å². The van der Waals surface area contributed by atoms with Crippen LogP contribution in [0, 0.1) is 13.8 Å². The van der Waals surface area contributed by atoms with Gasteiger partial charge in [0.15, 0.2) is 5.82 Å². The van der Waals surface area contributed by atoms with E-state index in [4.69, 9.17) is 14.8 Å². The lowest BCUT2D eigenvalue weighted by Gasteiger charge is -2.30. The van der Waals surface area contributed by atoms with Crippen molar-refractivity contribution in [1.82, 2.24) is 15.4 Å². The van der Waals surface area contributed by atoms with Gasteiger partial charge in [0.05, 0.1) is 24.2 Å². The fourth-order valence-electron chi connectivity index (χ4n) is 4.66. The fraction of sp³-hybridized carbons (Fsp3) is 0.448. The van der Waals surface area contributed by atoms with E-state index < -0.39 is 6.23 Å². The molecule has 0 amide bonds. The lowest BCUT2D eigenvalue weighted by molar-refractivity contribution is -0.0349. The van der Waals surface area contributed by atoms with Crippen LogP contribution in [0.3, 0.4) is 0 Å². The molecule has 6 nitrogen and oxygen atoms in total. The molecule has 6 heteroatoms. The van der Waals surface area contributed by atoms with Gasteiger partial charge in [0.2, 0.25) is 0 Å². The molecule has 4 rings (SSSR count). The summed E-state index contributed by atoms with van der Waals surface area (Å²) in [5.41, 5.74) is 10.3. The molecule has 186 valence electrons. The molecule has 3 aromatic rings. The number of aliphatic hydroxyl groups is 1. The second-order valence-corrected chi connectivity index (χ2v) is 9.55. The second-order valence-electron chi connectivity index (χ2n) is 9.55. The zero-order valence-corrected chi connectivity index (χ0v) is 21.3. The van der Waals surface area contributed by atoms with Gasteiger partial charge in [0.1, 0.15) is 6.23 Å². The maximum absolute atomic E-state index is 9.71. The molecule has 1 aliphatic heterocycles. The van der Waals surface area contributed by atoms with E-state index in [-0.39, 0.29) is 0 Å². The zero-order valence-electron chi connectivity index (χ0n) is 21.3. The highest BCUT2D eigenvalue weighted by Gasteiger charge is 2.23. The van der Waals surface area contributed by atoms with Gasteiger partial charge in [-0.05, 0) is 46.0 Å². The largest absolute Gasteiger partial charge is 0.377 e. The Morgan fingerprint density at radius 1 is 0.886 bits per heavy atom. The molecule has 1 atom stereocenters. The minimum Gasteiger partial charge on any atom is -0.377 e. The number of unbranched alkanes of at least 4 members (excludes halogenated alkanes) is 3. The minimum atomic E-state index is -0.591. The second kappa shape index (κ2) is 12.2. The van der Waals surface area contributed by atoms with E-state index in [1.54, 1.807) is 0 Å². The molecule has 2 heterocycles. The Bertz CT molecular complexity index is 1080. The standard InChI is InChI=1S/C29H38N4O2/c1-21-11-15-23(16-12-21)27-28(24-17-13-22(2)14-18-24)31-29-25(30-27)9-8-20-33(29)19-7-5-4-6-10-26(34)32-35-3/h11-18,26,32,34H,4-10,19-20H2,1-3H3. The number of fused-ring (bicyclic) bond motifs is 1. The molecular formula is C29H38N4O2. The van der Waals surface area contributed by atoms with Crippen LogP contribution in [0.15, 0.2) is 48.5 Å². The zero-order chi connectivity index (χ0) is 24.6.